The summed E-state index contributed by atoms with van der Waals surface area (Å²) < 4.78 is 9.92. The first-order chi connectivity index (χ1) is 9.32. The maximum Gasteiger partial charge on any atom is 0.349 e. The van der Waals surface area contributed by atoms with Crippen LogP contribution in [0, 0.1) is 0 Å². The standard InChI is InChI=1S/C15H18Cl2O3/c1-4-14(2,13(18)19-3)20-11-7-5-10(6-8-11)12-9-15(12,16)17/h5-8,12H,4,9H2,1-3H3. The minimum Gasteiger partial charge on any atom is -0.476 e. The van der Waals surface area contributed by atoms with E-state index in [-0.39, 0.29) is 11.9 Å². The topological polar surface area (TPSA) is 35.5 Å². The molecule has 20 heavy (non-hydrogen) atoms. The summed E-state index contributed by atoms with van der Waals surface area (Å²) in [5, 5.41) is 0. The van der Waals surface area contributed by atoms with Gasteiger partial charge < -0.3 is 9.47 Å². The first kappa shape index (κ1) is 15.5. The van der Waals surface area contributed by atoms with E-state index in [1.54, 1.807) is 6.92 Å². The van der Waals surface area contributed by atoms with Gasteiger partial charge in [0.05, 0.1) is 7.11 Å². The fourth-order valence-electron chi connectivity index (χ4n) is 2.08. The Morgan fingerprint density at radius 1 is 1.40 bits per heavy atom. The lowest BCUT2D eigenvalue weighted by Gasteiger charge is -2.26. The number of carbonyl (C=O) groups is 1. The Kier molecular flexibility index (Phi) is 4.22. The maximum absolute atomic E-state index is 11.8. The number of alkyl halides is 2. The fourth-order valence-corrected chi connectivity index (χ4v) is 2.64. The third-order valence-corrected chi connectivity index (χ3v) is 4.58. The van der Waals surface area contributed by atoms with E-state index in [1.165, 1.54) is 7.11 Å². The van der Waals surface area contributed by atoms with Gasteiger partial charge in [-0.25, -0.2) is 4.79 Å². The number of rotatable bonds is 5. The average Bonchev–Trinajstić information content (AvgIpc) is 3.07. The van der Waals surface area contributed by atoms with E-state index in [2.05, 4.69) is 0 Å². The van der Waals surface area contributed by atoms with E-state index in [0.29, 0.717) is 12.2 Å². The molecule has 1 aliphatic carbocycles. The predicted molar refractivity (Wildman–Crippen MR) is 79.6 cm³/mol. The molecule has 0 amide bonds. The molecule has 3 nitrogen and oxygen atoms in total. The van der Waals surface area contributed by atoms with Crippen LogP contribution in [0.1, 0.15) is 38.2 Å². The van der Waals surface area contributed by atoms with Gasteiger partial charge in [-0.2, -0.15) is 0 Å². The van der Waals surface area contributed by atoms with E-state index in [4.69, 9.17) is 32.7 Å². The molecule has 0 heterocycles. The Hall–Kier alpha value is -0.930. The Morgan fingerprint density at radius 2 is 1.95 bits per heavy atom. The molecule has 110 valence electrons. The summed E-state index contributed by atoms with van der Waals surface area (Å²) >= 11 is 12.1. The van der Waals surface area contributed by atoms with E-state index in [9.17, 15) is 4.79 Å². The predicted octanol–water partition coefficient (Wildman–Crippen LogP) is 4.07. The van der Waals surface area contributed by atoms with Gasteiger partial charge in [0, 0.05) is 5.92 Å². The van der Waals surface area contributed by atoms with Crippen molar-refractivity contribution < 1.29 is 14.3 Å². The van der Waals surface area contributed by atoms with Crippen LogP contribution in [0.3, 0.4) is 0 Å². The van der Waals surface area contributed by atoms with E-state index >= 15 is 0 Å². The van der Waals surface area contributed by atoms with Crippen molar-refractivity contribution in [1.29, 1.82) is 0 Å². The SMILES string of the molecule is CCC(C)(Oc1ccc(C2CC2(Cl)Cl)cc1)C(=O)OC. The highest BCUT2D eigenvalue weighted by Crippen LogP contribution is 2.59. The molecule has 0 spiro atoms. The normalized spacial score (nSPS) is 22.8. The largest absolute Gasteiger partial charge is 0.476 e. The monoisotopic (exact) mass is 316 g/mol. The number of benzene rings is 1. The zero-order valence-electron chi connectivity index (χ0n) is 11.8. The molecule has 0 saturated heterocycles. The van der Waals surface area contributed by atoms with Crippen LogP contribution >= 0.6 is 23.2 Å². The van der Waals surface area contributed by atoms with E-state index < -0.39 is 9.93 Å². The smallest absolute Gasteiger partial charge is 0.349 e. The van der Waals surface area contributed by atoms with Gasteiger partial charge in [-0.1, -0.05) is 19.1 Å². The molecule has 1 aromatic rings. The summed E-state index contributed by atoms with van der Waals surface area (Å²) in [7, 11) is 1.36. The summed E-state index contributed by atoms with van der Waals surface area (Å²) in [4.78, 5) is 11.8. The third-order valence-electron chi connectivity index (χ3n) is 3.74. The highest BCUT2D eigenvalue weighted by atomic mass is 35.5. The van der Waals surface area contributed by atoms with Crippen molar-refractivity contribution in [3.05, 3.63) is 29.8 Å². The summed E-state index contributed by atoms with van der Waals surface area (Å²) in [5.41, 5.74) is 0.108. The summed E-state index contributed by atoms with van der Waals surface area (Å²) in [6.07, 6.45) is 1.29. The highest BCUT2D eigenvalue weighted by Gasteiger charge is 2.52. The molecule has 0 radical (unpaired) electrons. The van der Waals surface area contributed by atoms with Crippen molar-refractivity contribution in [2.24, 2.45) is 0 Å². The molecule has 2 atom stereocenters. The van der Waals surface area contributed by atoms with Crippen molar-refractivity contribution in [3.63, 3.8) is 0 Å². The Labute approximate surface area is 129 Å². The van der Waals surface area contributed by atoms with Crippen molar-refractivity contribution in [1.82, 2.24) is 0 Å². The maximum atomic E-state index is 11.8. The summed E-state index contributed by atoms with van der Waals surface area (Å²) in [6, 6.07) is 7.52. The molecule has 0 aromatic heterocycles. The van der Waals surface area contributed by atoms with Gasteiger partial charge in [0.15, 0.2) is 0 Å². The summed E-state index contributed by atoms with van der Waals surface area (Å²) in [6.45, 7) is 3.60. The van der Waals surface area contributed by atoms with Crippen LogP contribution < -0.4 is 4.74 Å². The number of ether oxygens (including phenoxy) is 2. The molecular weight excluding hydrogens is 299 g/mol. The molecule has 0 aliphatic heterocycles. The number of esters is 1. The molecule has 0 N–H and O–H groups in total. The quantitative estimate of drug-likeness (QED) is 0.607. The number of halogens is 2. The van der Waals surface area contributed by atoms with Crippen LogP contribution in [0.4, 0.5) is 0 Å². The number of hydrogen-bond donors (Lipinski definition) is 0. The van der Waals surface area contributed by atoms with Crippen molar-refractivity contribution in [2.75, 3.05) is 7.11 Å². The van der Waals surface area contributed by atoms with E-state index in [1.807, 2.05) is 31.2 Å². The van der Waals surface area contributed by atoms with Crippen molar-refractivity contribution in [3.8, 4) is 5.75 Å². The van der Waals surface area contributed by atoms with Crippen LogP contribution in [0.25, 0.3) is 0 Å². The minimum atomic E-state index is -0.974. The van der Waals surface area contributed by atoms with Gasteiger partial charge >= 0.3 is 5.97 Å². The van der Waals surface area contributed by atoms with Crippen molar-refractivity contribution in [2.45, 2.75) is 42.5 Å². The number of carbonyl (C=O) groups excluding carboxylic acids is 1. The van der Waals surface area contributed by atoms with Gasteiger partial charge in [-0.3, -0.25) is 0 Å². The van der Waals surface area contributed by atoms with Crippen LogP contribution in [0.5, 0.6) is 5.75 Å². The molecule has 5 heteroatoms. The summed E-state index contributed by atoms with van der Waals surface area (Å²) in [5.74, 6) is 0.420. The Bertz CT molecular complexity index is 498. The Balaban J connectivity index is 2.09. The van der Waals surface area contributed by atoms with Gasteiger partial charge in [0.25, 0.3) is 0 Å². The molecule has 1 aliphatic rings. The lowest BCUT2D eigenvalue weighted by Crippen LogP contribution is -2.41. The second-order valence-corrected chi connectivity index (χ2v) is 6.81. The number of methoxy groups -OCH3 is 1. The lowest BCUT2D eigenvalue weighted by atomic mass is 10.0. The van der Waals surface area contributed by atoms with Gasteiger partial charge in [0.1, 0.15) is 10.1 Å². The molecular formula is C15H18Cl2O3. The lowest BCUT2D eigenvalue weighted by molar-refractivity contribution is -0.157. The molecule has 1 aromatic carbocycles. The van der Waals surface area contributed by atoms with E-state index in [0.717, 1.165) is 12.0 Å². The first-order valence-electron chi connectivity index (χ1n) is 6.57. The highest BCUT2D eigenvalue weighted by molar-refractivity contribution is 6.51. The minimum absolute atomic E-state index is 0.179. The zero-order valence-corrected chi connectivity index (χ0v) is 13.3. The molecule has 1 saturated carbocycles. The van der Waals surface area contributed by atoms with Gasteiger partial charge in [0.2, 0.25) is 5.60 Å². The molecule has 2 rings (SSSR count). The van der Waals surface area contributed by atoms with Crippen LogP contribution in [0.2, 0.25) is 0 Å². The van der Waals surface area contributed by atoms with Crippen LogP contribution in [-0.2, 0) is 9.53 Å². The van der Waals surface area contributed by atoms with Gasteiger partial charge in [-0.15, -0.1) is 23.2 Å². The average molecular weight is 317 g/mol. The molecule has 1 fully saturated rings. The van der Waals surface area contributed by atoms with Crippen LogP contribution in [0.15, 0.2) is 24.3 Å². The zero-order chi connectivity index (χ0) is 15.0. The fraction of sp³-hybridized carbons (Fsp3) is 0.533. The second kappa shape index (κ2) is 5.45. The second-order valence-electron chi connectivity index (χ2n) is 5.26. The first-order valence-corrected chi connectivity index (χ1v) is 7.33. The van der Waals surface area contributed by atoms with Crippen LogP contribution in [-0.4, -0.2) is 23.0 Å². The number of hydrogen-bond acceptors (Lipinski definition) is 3. The molecule has 0 bridgehead atoms. The third kappa shape index (κ3) is 3.04. The van der Waals surface area contributed by atoms with Crippen molar-refractivity contribution >= 4 is 29.2 Å². The molecule has 2 unspecified atom stereocenters. The van der Waals surface area contributed by atoms with Gasteiger partial charge in [-0.05, 0) is 37.5 Å². The Morgan fingerprint density at radius 3 is 2.35 bits per heavy atom.